The van der Waals surface area contributed by atoms with E-state index in [4.69, 9.17) is 16.3 Å². The molecule has 8 heteroatoms. The second kappa shape index (κ2) is 12.1. The molecule has 0 aliphatic carbocycles. The van der Waals surface area contributed by atoms with Crippen molar-refractivity contribution in [2.75, 3.05) is 44.7 Å². The van der Waals surface area contributed by atoms with E-state index in [1.807, 2.05) is 84.6 Å². The fourth-order valence-electron chi connectivity index (χ4n) is 6.12. The summed E-state index contributed by atoms with van der Waals surface area (Å²) in [6.45, 7) is 10.5. The van der Waals surface area contributed by atoms with Crippen molar-refractivity contribution in [3.8, 4) is 16.9 Å². The van der Waals surface area contributed by atoms with E-state index in [0.29, 0.717) is 48.2 Å². The predicted molar refractivity (Wildman–Crippen MR) is 171 cm³/mol. The maximum absolute atomic E-state index is 14.3. The van der Waals surface area contributed by atoms with E-state index in [2.05, 4.69) is 16.0 Å². The van der Waals surface area contributed by atoms with Crippen LogP contribution in [0.15, 0.2) is 85.5 Å². The lowest BCUT2D eigenvalue weighted by atomic mass is 9.98. The van der Waals surface area contributed by atoms with E-state index in [9.17, 15) is 9.59 Å². The summed E-state index contributed by atoms with van der Waals surface area (Å²) in [6.07, 6.45) is 1.90. The highest BCUT2D eigenvalue weighted by molar-refractivity contribution is 6.34. The fraction of sp³-hybridized carbons (Fsp3) is 0.257. The van der Waals surface area contributed by atoms with Crippen LogP contribution in [0.2, 0.25) is 5.02 Å². The van der Waals surface area contributed by atoms with Gasteiger partial charge in [-0.05, 0) is 53.9 Å². The van der Waals surface area contributed by atoms with Crippen molar-refractivity contribution in [3.63, 3.8) is 0 Å². The molecule has 220 valence electrons. The molecule has 0 unspecified atom stereocenters. The number of carbonyl (C=O) groups excluding carboxylic acids is 2. The minimum atomic E-state index is -0.219. The molecule has 1 aromatic heterocycles. The van der Waals surface area contributed by atoms with E-state index < -0.39 is 0 Å². The van der Waals surface area contributed by atoms with Crippen molar-refractivity contribution in [1.82, 2.24) is 14.4 Å². The maximum atomic E-state index is 14.3. The van der Waals surface area contributed by atoms with E-state index in [-0.39, 0.29) is 11.8 Å². The SMILES string of the molecule is C=CCN1CCN(C(=O)c2ccc3n2Cc2ccccc2N(C(=O)c2cc(Cl)c(-c4ccccc4C)cc2OC)C3)CC1. The number of ether oxygens (including phenoxy) is 1. The Balaban J connectivity index is 1.34. The number of rotatable bonds is 6. The Morgan fingerprint density at radius 1 is 0.907 bits per heavy atom. The molecule has 3 aromatic carbocycles. The van der Waals surface area contributed by atoms with Gasteiger partial charge in [0.1, 0.15) is 11.4 Å². The van der Waals surface area contributed by atoms with Crippen LogP contribution < -0.4 is 9.64 Å². The quantitative estimate of drug-likeness (QED) is 0.247. The molecule has 0 saturated carbocycles. The summed E-state index contributed by atoms with van der Waals surface area (Å²) in [7, 11) is 1.57. The predicted octanol–water partition coefficient (Wildman–Crippen LogP) is 6.28. The Morgan fingerprint density at radius 2 is 1.65 bits per heavy atom. The lowest BCUT2D eigenvalue weighted by molar-refractivity contribution is 0.0639. The van der Waals surface area contributed by atoms with Gasteiger partial charge in [0.2, 0.25) is 0 Å². The number of anilines is 1. The number of para-hydroxylation sites is 1. The maximum Gasteiger partial charge on any atom is 0.270 e. The fourth-order valence-corrected chi connectivity index (χ4v) is 6.39. The number of halogens is 1. The molecule has 2 aliphatic heterocycles. The molecular weight excluding hydrogens is 560 g/mol. The number of benzene rings is 3. The number of amides is 2. The van der Waals surface area contributed by atoms with Gasteiger partial charge in [-0.15, -0.1) is 6.58 Å². The summed E-state index contributed by atoms with van der Waals surface area (Å²) in [5.41, 5.74) is 6.55. The Kier molecular flexibility index (Phi) is 8.10. The first-order valence-electron chi connectivity index (χ1n) is 14.5. The zero-order valence-electron chi connectivity index (χ0n) is 24.6. The number of carbonyl (C=O) groups is 2. The molecule has 0 bridgehead atoms. The first-order chi connectivity index (χ1) is 20.9. The van der Waals surface area contributed by atoms with Crippen LogP contribution in [0, 0.1) is 6.92 Å². The smallest absolute Gasteiger partial charge is 0.270 e. The number of piperazine rings is 1. The highest BCUT2D eigenvalue weighted by Gasteiger charge is 2.31. The minimum absolute atomic E-state index is 0.0157. The van der Waals surface area contributed by atoms with Crippen molar-refractivity contribution >= 4 is 29.1 Å². The first-order valence-corrected chi connectivity index (χ1v) is 14.9. The summed E-state index contributed by atoms with van der Waals surface area (Å²) < 4.78 is 7.81. The van der Waals surface area contributed by atoms with Gasteiger partial charge in [0.05, 0.1) is 25.8 Å². The second-order valence-electron chi connectivity index (χ2n) is 11.0. The average molecular weight is 595 g/mol. The molecule has 4 aromatic rings. The third kappa shape index (κ3) is 5.46. The highest BCUT2D eigenvalue weighted by atomic mass is 35.5. The van der Waals surface area contributed by atoms with Crippen molar-refractivity contribution in [1.29, 1.82) is 0 Å². The number of hydrogen-bond acceptors (Lipinski definition) is 4. The van der Waals surface area contributed by atoms with Crippen LogP contribution in [-0.4, -0.2) is 66.0 Å². The monoisotopic (exact) mass is 594 g/mol. The summed E-state index contributed by atoms with van der Waals surface area (Å²) in [6, 6.07) is 23.2. The Morgan fingerprint density at radius 3 is 2.40 bits per heavy atom. The number of aromatic nitrogens is 1. The van der Waals surface area contributed by atoms with Gasteiger partial charge in [0.25, 0.3) is 11.8 Å². The van der Waals surface area contributed by atoms with Gasteiger partial charge in [-0.25, -0.2) is 0 Å². The van der Waals surface area contributed by atoms with Gasteiger partial charge < -0.3 is 19.1 Å². The van der Waals surface area contributed by atoms with Gasteiger partial charge in [0, 0.05) is 54.7 Å². The van der Waals surface area contributed by atoms with E-state index >= 15 is 0 Å². The molecule has 1 fully saturated rings. The van der Waals surface area contributed by atoms with E-state index in [1.54, 1.807) is 18.1 Å². The standard InChI is InChI=1S/C35H35ClN4O3/c1-4-15-37-16-18-38(19-17-37)35(42)32-14-13-26-23-40(31-12-8-6-10-25(31)22-39(26)32)34(41)29-20-30(36)28(21-33(29)43-3)27-11-7-5-9-24(27)2/h4-14,20-21H,1,15-19,22-23H2,2-3H3. The molecule has 2 amide bonds. The van der Waals surface area contributed by atoms with Crippen LogP contribution in [0.25, 0.3) is 11.1 Å². The minimum Gasteiger partial charge on any atom is -0.496 e. The van der Waals surface area contributed by atoms with E-state index in [0.717, 1.165) is 53.3 Å². The first kappa shape index (κ1) is 28.8. The number of nitrogens with zero attached hydrogens (tertiary/aromatic N) is 4. The van der Waals surface area contributed by atoms with Crippen LogP contribution in [0.1, 0.15) is 37.7 Å². The largest absolute Gasteiger partial charge is 0.496 e. The summed E-state index contributed by atoms with van der Waals surface area (Å²) >= 11 is 6.82. The summed E-state index contributed by atoms with van der Waals surface area (Å²) in [5, 5.41) is 0.478. The van der Waals surface area contributed by atoms with Crippen molar-refractivity contribution in [3.05, 3.63) is 119 Å². The zero-order chi connectivity index (χ0) is 30.1. The van der Waals surface area contributed by atoms with Gasteiger partial charge in [-0.2, -0.15) is 0 Å². The zero-order valence-corrected chi connectivity index (χ0v) is 25.3. The number of hydrogen-bond donors (Lipinski definition) is 0. The van der Waals surface area contributed by atoms with Crippen LogP contribution in [0.5, 0.6) is 5.75 Å². The third-order valence-corrected chi connectivity index (χ3v) is 8.78. The van der Waals surface area contributed by atoms with Gasteiger partial charge in [-0.1, -0.05) is 60.1 Å². The lowest BCUT2D eigenvalue weighted by Gasteiger charge is -2.34. The number of aryl methyl sites for hydroxylation is 1. The van der Waals surface area contributed by atoms with Gasteiger partial charge in [0.15, 0.2) is 0 Å². The van der Waals surface area contributed by atoms with E-state index in [1.165, 1.54) is 0 Å². The van der Waals surface area contributed by atoms with Crippen LogP contribution >= 0.6 is 11.6 Å². The summed E-state index contributed by atoms with van der Waals surface area (Å²) in [4.78, 5) is 34.0. The molecular formula is C35H35ClN4O3. The molecule has 7 nitrogen and oxygen atoms in total. The highest BCUT2D eigenvalue weighted by Crippen LogP contribution is 2.38. The molecule has 0 atom stereocenters. The van der Waals surface area contributed by atoms with Gasteiger partial charge in [-0.3, -0.25) is 14.5 Å². The average Bonchev–Trinajstić information content (AvgIpc) is 3.34. The molecule has 2 aliphatic rings. The molecule has 0 N–H and O–H groups in total. The second-order valence-corrected chi connectivity index (χ2v) is 11.5. The normalized spacial score (nSPS) is 15.0. The van der Waals surface area contributed by atoms with Crippen LogP contribution in [0.3, 0.4) is 0 Å². The Labute approximate surface area is 257 Å². The van der Waals surface area contributed by atoms with Gasteiger partial charge >= 0.3 is 0 Å². The molecule has 0 spiro atoms. The third-order valence-electron chi connectivity index (χ3n) is 8.47. The topological polar surface area (TPSA) is 58.0 Å². The van der Waals surface area contributed by atoms with Crippen LogP contribution in [0.4, 0.5) is 5.69 Å². The molecule has 6 rings (SSSR count). The molecule has 43 heavy (non-hydrogen) atoms. The van der Waals surface area contributed by atoms with Crippen molar-refractivity contribution in [2.45, 2.75) is 20.0 Å². The molecule has 3 heterocycles. The Hall–Kier alpha value is -4.33. The number of methoxy groups -OCH3 is 1. The van der Waals surface area contributed by atoms with Crippen molar-refractivity contribution in [2.24, 2.45) is 0 Å². The Bertz CT molecular complexity index is 1700. The molecule has 1 saturated heterocycles. The number of fused-ring (bicyclic) bond motifs is 2. The lowest BCUT2D eigenvalue weighted by Crippen LogP contribution is -2.49. The summed E-state index contributed by atoms with van der Waals surface area (Å²) in [5.74, 6) is 0.252. The van der Waals surface area contributed by atoms with Crippen molar-refractivity contribution < 1.29 is 14.3 Å². The van der Waals surface area contributed by atoms with Crippen LogP contribution in [-0.2, 0) is 13.1 Å². The molecule has 0 radical (unpaired) electrons.